The van der Waals surface area contributed by atoms with Gasteiger partial charge in [0.2, 0.25) is 0 Å². The van der Waals surface area contributed by atoms with Crippen molar-refractivity contribution in [3.8, 4) is 5.75 Å². The number of ether oxygens (including phenoxy) is 1. The lowest BCUT2D eigenvalue weighted by Gasteiger charge is -2.15. The molecule has 0 saturated carbocycles. The normalized spacial score (nSPS) is 12.1. The van der Waals surface area contributed by atoms with Crippen molar-refractivity contribution in [1.82, 2.24) is 0 Å². The Morgan fingerprint density at radius 1 is 1.47 bits per heavy atom. The molecule has 0 aromatic heterocycles. The van der Waals surface area contributed by atoms with Crippen molar-refractivity contribution in [2.45, 2.75) is 25.8 Å². The van der Waals surface area contributed by atoms with Gasteiger partial charge in [-0.25, -0.2) is 0 Å². The largest absolute Gasteiger partial charge is 0.493 e. The summed E-state index contributed by atoms with van der Waals surface area (Å²) in [7, 11) is 0. The van der Waals surface area contributed by atoms with Crippen LogP contribution in [0.5, 0.6) is 5.75 Å². The Morgan fingerprint density at radius 2 is 2.20 bits per heavy atom. The summed E-state index contributed by atoms with van der Waals surface area (Å²) in [6.45, 7) is 6.40. The molecule has 0 fully saturated rings. The van der Waals surface area contributed by atoms with Crippen molar-refractivity contribution in [2.75, 3.05) is 6.61 Å². The summed E-state index contributed by atoms with van der Waals surface area (Å²) < 4.78 is 5.65. The molecule has 0 aliphatic rings. The van der Waals surface area contributed by atoms with E-state index in [0.717, 1.165) is 24.2 Å². The van der Waals surface area contributed by atoms with Gasteiger partial charge < -0.3 is 10.5 Å². The molecule has 2 nitrogen and oxygen atoms in total. The summed E-state index contributed by atoms with van der Waals surface area (Å²) in [6.07, 6.45) is 3.62. The van der Waals surface area contributed by atoms with Crippen LogP contribution in [0, 0.1) is 0 Å². The fourth-order valence-electron chi connectivity index (χ4n) is 1.39. The van der Waals surface area contributed by atoms with Gasteiger partial charge >= 0.3 is 0 Å². The van der Waals surface area contributed by atoms with Crippen molar-refractivity contribution in [1.29, 1.82) is 0 Å². The van der Waals surface area contributed by atoms with E-state index in [-0.39, 0.29) is 6.04 Å². The van der Waals surface area contributed by atoms with Crippen molar-refractivity contribution < 1.29 is 4.74 Å². The molecule has 1 aromatic rings. The van der Waals surface area contributed by atoms with Gasteiger partial charge in [-0.05, 0) is 18.9 Å². The molecule has 2 heteroatoms. The molecule has 15 heavy (non-hydrogen) atoms. The maximum Gasteiger partial charge on any atom is 0.124 e. The minimum atomic E-state index is 0.0601. The van der Waals surface area contributed by atoms with Crippen LogP contribution in [-0.4, -0.2) is 6.61 Å². The SMILES string of the molecule is C=CCCOc1ccccc1C(N)CC. The predicted molar refractivity (Wildman–Crippen MR) is 64.0 cm³/mol. The molecule has 0 aliphatic carbocycles. The van der Waals surface area contributed by atoms with Gasteiger partial charge in [0.15, 0.2) is 0 Å². The Labute approximate surface area is 91.7 Å². The van der Waals surface area contributed by atoms with Crippen LogP contribution in [0.2, 0.25) is 0 Å². The second-order valence-electron chi connectivity index (χ2n) is 3.48. The van der Waals surface area contributed by atoms with Gasteiger partial charge in [-0.1, -0.05) is 31.2 Å². The summed E-state index contributed by atoms with van der Waals surface area (Å²) in [5, 5.41) is 0. The molecular formula is C13H19NO. The van der Waals surface area contributed by atoms with Crippen LogP contribution in [0.1, 0.15) is 31.4 Å². The fraction of sp³-hybridized carbons (Fsp3) is 0.385. The van der Waals surface area contributed by atoms with Crippen LogP contribution < -0.4 is 10.5 Å². The van der Waals surface area contributed by atoms with Crippen LogP contribution in [0.3, 0.4) is 0 Å². The molecule has 1 unspecified atom stereocenters. The van der Waals surface area contributed by atoms with Crippen LogP contribution in [0.25, 0.3) is 0 Å². The lowest BCUT2D eigenvalue weighted by atomic mass is 10.0. The first-order chi connectivity index (χ1) is 7.29. The van der Waals surface area contributed by atoms with Crippen LogP contribution in [0.15, 0.2) is 36.9 Å². The van der Waals surface area contributed by atoms with Gasteiger partial charge in [0.25, 0.3) is 0 Å². The molecule has 0 bridgehead atoms. The smallest absolute Gasteiger partial charge is 0.124 e. The monoisotopic (exact) mass is 205 g/mol. The van der Waals surface area contributed by atoms with Gasteiger partial charge in [0, 0.05) is 11.6 Å². The molecule has 2 N–H and O–H groups in total. The summed E-state index contributed by atoms with van der Waals surface area (Å²) in [5.74, 6) is 0.897. The molecule has 0 radical (unpaired) electrons. The van der Waals surface area contributed by atoms with Gasteiger partial charge in [-0.3, -0.25) is 0 Å². The molecule has 0 aliphatic heterocycles. The minimum absolute atomic E-state index is 0.0601. The Balaban J connectivity index is 2.72. The zero-order chi connectivity index (χ0) is 11.1. The Kier molecular flexibility index (Phi) is 4.91. The van der Waals surface area contributed by atoms with Crippen LogP contribution in [0.4, 0.5) is 0 Å². The average molecular weight is 205 g/mol. The number of para-hydroxylation sites is 1. The average Bonchev–Trinajstić information content (AvgIpc) is 2.29. The van der Waals surface area contributed by atoms with Gasteiger partial charge in [0.1, 0.15) is 5.75 Å². The molecular weight excluding hydrogens is 186 g/mol. The predicted octanol–water partition coefficient (Wildman–Crippen LogP) is 3.05. The van der Waals surface area contributed by atoms with E-state index in [1.54, 1.807) is 0 Å². The number of rotatable bonds is 6. The summed E-state index contributed by atoms with van der Waals surface area (Å²) in [4.78, 5) is 0. The van der Waals surface area contributed by atoms with Crippen molar-refractivity contribution in [2.24, 2.45) is 5.73 Å². The zero-order valence-electron chi connectivity index (χ0n) is 9.28. The first-order valence-corrected chi connectivity index (χ1v) is 5.37. The summed E-state index contributed by atoms with van der Waals surface area (Å²) in [6, 6.07) is 8.01. The number of benzene rings is 1. The second kappa shape index (κ2) is 6.25. The Bertz CT molecular complexity index is 309. The molecule has 0 saturated heterocycles. The van der Waals surface area contributed by atoms with E-state index >= 15 is 0 Å². The molecule has 0 amide bonds. The maximum atomic E-state index is 6.00. The Hall–Kier alpha value is -1.28. The first-order valence-electron chi connectivity index (χ1n) is 5.37. The maximum absolute atomic E-state index is 6.00. The van der Waals surface area contributed by atoms with E-state index < -0.39 is 0 Å². The highest BCUT2D eigenvalue weighted by atomic mass is 16.5. The van der Waals surface area contributed by atoms with E-state index in [1.807, 2.05) is 30.3 Å². The Morgan fingerprint density at radius 3 is 2.87 bits per heavy atom. The number of hydrogen-bond acceptors (Lipinski definition) is 2. The molecule has 1 aromatic carbocycles. The fourth-order valence-corrected chi connectivity index (χ4v) is 1.39. The van der Waals surface area contributed by atoms with Crippen molar-refractivity contribution >= 4 is 0 Å². The van der Waals surface area contributed by atoms with Crippen LogP contribution >= 0.6 is 0 Å². The summed E-state index contributed by atoms with van der Waals surface area (Å²) >= 11 is 0. The minimum Gasteiger partial charge on any atom is -0.493 e. The van der Waals surface area contributed by atoms with E-state index in [1.165, 1.54) is 0 Å². The van der Waals surface area contributed by atoms with Crippen LogP contribution in [-0.2, 0) is 0 Å². The van der Waals surface area contributed by atoms with E-state index in [9.17, 15) is 0 Å². The van der Waals surface area contributed by atoms with Gasteiger partial charge in [0.05, 0.1) is 6.61 Å². The summed E-state index contributed by atoms with van der Waals surface area (Å²) in [5.41, 5.74) is 7.09. The molecule has 82 valence electrons. The lowest BCUT2D eigenvalue weighted by Crippen LogP contribution is -2.11. The third-order valence-corrected chi connectivity index (χ3v) is 2.34. The highest BCUT2D eigenvalue weighted by molar-refractivity contribution is 5.35. The first kappa shape index (κ1) is 11.8. The third kappa shape index (κ3) is 3.40. The number of hydrogen-bond donors (Lipinski definition) is 1. The standard InChI is InChI=1S/C13H19NO/c1-3-5-10-15-13-9-7-6-8-11(13)12(14)4-2/h3,6-9,12H,1,4-5,10,14H2,2H3. The van der Waals surface area contributed by atoms with E-state index in [2.05, 4.69) is 13.5 Å². The topological polar surface area (TPSA) is 35.2 Å². The van der Waals surface area contributed by atoms with E-state index in [4.69, 9.17) is 10.5 Å². The van der Waals surface area contributed by atoms with Gasteiger partial charge in [-0.2, -0.15) is 0 Å². The quantitative estimate of drug-likeness (QED) is 0.572. The third-order valence-electron chi connectivity index (χ3n) is 2.34. The lowest BCUT2D eigenvalue weighted by molar-refractivity contribution is 0.319. The molecule has 1 atom stereocenters. The zero-order valence-corrected chi connectivity index (χ0v) is 9.28. The van der Waals surface area contributed by atoms with Crippen molar-refractivity contribution in [3.63, 3.8) is 0 Å². The number of nitrogens with two attached hydrogens (primary N) is 1. The van der Waals surface area contributed by atoms with Crippen molar-refractivity contribution in [3.05, 3.63) is 42.5 Å². The van der Waals surface area contributed by atoms with Gasteiger partial charge in [-0.15, -0.1) is 6.58 Å². The highest BCUT2D eigenvalue weighted by Gasteiger charge is 2.08. The molecule has 1 rings (SSSR count). The molecule has 0 spiro atoms. The highest BCUT2D eigenvalue weighted by Crippen LogP contribution is 2.25. The molecule has 0 heterocycles. The second-order valence-corrected chi connectivity index (χ2v) is 3.48. The van der Waals surface area contributed by atoms with E-state index in [0.29, 0.717) is 6.61 Å².